The van der Waals surface area contributed by atoms with E-state index in [-0.39, 0.29) is 21.2 Å². The molecule has 0 saturated carbocycles. The number of aromatic nitrogens is 2. The number of hydrogen-bond acceptors (Lipinski definition) is 2. The third-order valence-corrected chi connectivity index (χ3v) is 17.1. The van der Waals surface area contributed by atoms with E-state index in [2.05, 4.69) is 221 Å². The van der Waals surface area contributed by atoms with Gasteiger partial charge in [-0.1, -0.05) is 218 Å². The second kappa shape index (κ2) is 22.4. The molecule has 0 saturated heterocycles. The first-order valence-corrected chi connectivity index (χ1v) is 29.7. The summed E-state index contributed by atoms with van der Waals surface area (Å²) in [5, 5.41) is 13.4. The second-order valence-corrected chi connectivity index (χ2v) is 24.3. The first kappa shape index (κ1) is 48.5. The van der Waals surface area contributed by atoms with E-state index in [1.54, 1.807) is 0 Å². The molecule has 0 amide bonds. The summed E-state index contributed by atoms with van der Waals surface area (Å²) in [7, 11) is 7.94. The molecule has 0 aliphatic heterocycles. The van der Waals surface area contributed by atoms with Crippen molar-refractivity contribution in [3.63, 3.8) is 0 Å². The average Bonchev–Trinajstić information content (AvgIpc) is 3.79. The molecule has 338 valence electrons. The average molecular weight is 1040 g/mol. The minimum absolute atomic E-state index is 0.0117. The first-order valence-electron chi connectivity index (χ1n) is 22.5. The summed E-state index contributed by atoms with van der Waals surface area (Å²) in [5.41, 5.74) is 15.9. The number of hydrogen-bond donors (Lipinski definition) is 2. The predicted octanol–water partition coefficient (Wildman–Crippen LogP) is 14.0. The van der Waals surface area contributed by atoms with Crippen molar-refractivity contribution in [2.75, 3.05) is 0 Å². The zero-order valence-electron chi connectivity index (χ0n) is 38.7. The van der Waals surface area contributed by atoms with Crippen molar-refractivity contribution in [1.82, 2.24) is 9.97 Å². The number of nitrogens with two attached hydrogens (primary N) is 1. The van der Waals surface area contributed by atoms with Crippen LogP contribution in [0.1, 0.15) is 48.0 Å². The summed E-state index contributed by atoms with van der Waals surface area (Å²) in [4.78, 5) is 7.69. The van der Waals surface area contributed by atoms with E-state index < -0.39 is 15.8 Å². The number of imidazole rings is 1. The Hall–Kier alpha value is -5.01. The van der Waals surface area contributed by atoms with Crippen molar-refractivity contribution in [3.8, 4) is 11.1 Å². The molecule has 0 aliphatic rings. The molecular weight excluding hydrogens is 985 g/mol. The van der Waals surface area contributed by atoms with Gasteiger partial charge in [0.2, 0.25) is 0 Å². The molecule has 10 aromatic rings. The minimum atomic E-state index is -0.885. The fraction of sp³-hybridized carbons (Fsp3) is 0.136. The van der Waals surface area contributed by atoms with Crippen molar-refractivity contribution in [2.45, 2.75) is 47.6 Å². The van der Waals surface area contributed by atoms with Gasteiger partial charge in [-0.15, -0.1) is 0 Å². The molecule has 0 unspecified atom stereocenters. The number of aryl methyl sites for hydroxylation is 4. The van der Waals surface area contributed by atoms with Crippen LogP contribution in [-0.4, -0.2) is 9.97 Å². The van der Waals surface area contributed by atoms with Gasteiger partial charge in [-0.2, -0.15) is 0 Å². The molecule has 8 heteroatoms. The first-order chi connectivity index (χ1) is 32.5. The number of aromatic amines is 1. The Bertz CT molecular complexity index is 2930. The van der Waals surface area contributed by atoms with Crippen molar-refractivity contribution < 1.29 is 15.1 Å². The van der Waals surface area contributed by atoms with Gasteiger partial charge < -0.3 is 10.7 Å². The molecule has 0 bridgehead atoms. The molecule has 9 aromatic carbocycles. The molecule has 0 aliphatic carbocycles. The van der Waals surface area contributed by atoms with E-state index in [4.69, 9.17) is 25.1 Å². The monoisotopic (exact) mass is 1040 g/mol. The van der Waals surface area contributed by atoms with E-state index in [0.717, 1.165) is 16.9 Å². The fourth-order valence-corrected chi connectivity index (χ4v) is 13.4. The van der Waals surface area contributed by atoms with E-state index in [1.807, 2.05) is 24.3 Å². The third-order valence-electron chi connectivity index (χ3n) is 12.2. The Morgan fingerprint density at radius 2 is 0.806 bits per heavy atom. The number of benzene rings is 9. The van der Waals surface area contributed by atoms with Crippen LogP contribution in [0.15, 0.2) is 194 Å². The van der Waals surface area contributed by atoms with Crippen LogP contribution in [0.3, 0.4) is 0 Å². The number of rotatable bonds is 9. The van der Waals surface area contributed by atoms with Crippen LogP contribution >= 0.6 is 35.2 Å². The standard InChI is InChI=1S/C48H40P2.C11H15N3.2ClH.Ru/c1-33-13-23-39(24-14-33)49(40-25-15-34(2)16-26-40)45-31-21-37-9-5-7-11-43(37)47(45)48-44-12-8-6-10-38(44)22-32-46(48)50(41-27-17-35(3)18-28-41)42-29-19-36(4)20-30-42;1-7(2)10(12)11-13-8-5-3-4-6-9(8)14-11;;;/h5-32H,1-4H3;3-7,10H,12H2,1-2H3,(H,13,14);2*1H;/q;;;;+2/p-2/t;10-;;;/m.1.../s1. The Morgan fingerprint density at radius 1 is 0.463 bits per heavy atom. The number of H-pyrrole nitrogens is 1. The van der Waals surface area contributed by atoms with Crippen molar-refractivity contribution in [1.29, 1.82) is 0 Å². The van der Waals surface area contributed by atoms with Crippen LogP contribution in [0.4, 0.5) is 0 Å². The molecule has 0 fully saturated rings. The number of para-hydroxylation sites is 2. The van der Waals surface area contributed by atoms with E-state index >= 15 is 0 Å². The number of nitrogens with one attached hydrogen (secondary N) is 1. The summed E-state index contributed by atoms with van der Waals surface area (Å²) >= 11 is -0.346. The van der Waals surface area contributed by atoms with Crippen molar-refractivity contribution in [3.05, 3.63) is 222 Å². The van der Waals surface area contributed by atoms with Crippen LogP contribution in [0, 0.1) is 33.6 Å². The van der Waals surface area contributed by atoms with Gasteiger partial charge >= 0.3 is 34.5 Å². The molecule has 1 heterocycles. The Labute approximate surface area is 414 Å². The quantitative estimate of drug-likeness (QED) is 0.112. The normalized spacial score (nSPS) is 11.8. The Kier molecular flexibility index (Phi) is 16.2. The SMILES string of the molecule is CC(C)[C@@H](N)c1nc2ccccc2[nH]1.Cc1ccc(P(c2ccc(C)cc2)c2ccc3ccccc3c2-c2c(P(c3ccc(C)cc3)c3ccc(C)cc3)ccc3ccccc23)cc1.[Cl][Ru][Cl]. The summed E-state index contributed by atoms with van der Waals surface area (Å²) < 4.78 is 0. The second-order valence-electron chi connectivity index (χ2n) is 17.3. The van der Waals surface area contributed by atoms with Gasteiger partial charge in [-0.05, 0) is 126 Å². The van der Waals surface area contributed by atoms with Crippen LogP contribution in [0.25, 0.3) is 43.7 Å². The molecular formula is C59H55Cl2N3P2Ru. The maximum absolute atomic E-state index is 6.01. The summed E-state index contributed by atoms with van der Waals surface area (Å²) in [5.74, 6) is 1.27. The van der Waals surface area contributed by atoms with Crippen LogP contribution < -0.4 is 37.6 Å². The van der Waals surface area contributed by atoms with E-state index in [1.165, 1.54) is 86.8 Å². The molecule has 0 spiro atoms. The van der Waals surface area contributed by atoms with Gasteiger partial charge in [0.15, 0.2) is 0 Å². The van der Waals surface area contributed by atoms with Crippen molar-refractivity contribution >= 4 is 99.6 Å². The molecule has 10 rings (SSSR count). The van der Waals surface area contributed by atoms with Crippen LogP contribution in [0.2, 0.25) is 0 Å². The predicted molar refractivity (Wildman–Crippen MR) is 293 cm³/mol. The van der Waals surface area contributed by atoms with Gasteiger partial charge in [-0.25, -0.2) is 4.98 Å². The fourth-order valence-electron chi connectivity index (χ4n) is 8.49. The third kappa shape index (κ3) is 11.1. The maximum atomic E-state index is 6.01. The van der Waals surface area contributed by atoms with Crippen LogP contribution in [-0.2, 0) is 15.1 Å². The van der Waals surface area contributed by atoms with Gasteiger partial charge in [0.05, 0.1) is 17.1 Å². The molecule has 1 aromatic heterocycles. The molecule has 67 heavy (non-hydrogen) atoms. The summed E-state index contributed by atoms with van der Waals surface area (Å²) in [6.45, 7) is 12.9. The van der Waals surface area contributed by atoms with E-state index in [9.17, 15) is 0 Å². The molecule has 3 N–H and O–H groups in total. The molecule has 1 atom stereocenters. The Morgan fingerprint density at radius 3 is 1.16 bits per heavy atom. The Balaban J connectivity index is 0.000000302. The topological polar surface area (TPSA) is 54.7 Å². The zero-order valence-corrected chi connectivity index (χ0v) is 43.7. The van der Waals surface area contributed by atoms with Crippen LogP contribution in [0.5, 0.6) is 0 Å². The van der Waals surface area contributed by atoms with Gasteiger partial charge in [0.1, 0.15) is 5.82 Å². The number of halogens is 2. The summed E-state index contributed by atoms with van der Waals surface area (Å²) in [6.07, 6.45) is 0. The van der Waals surface area contributed by atoms with E-state index in [0.29, 0.717) is 5.92 Å². The number of fused-ring (bicyclic) bond motifs is 3. The van der Waals surface area contributed by atoms with Crippen molar-refractivity contribution in [2.24, 2.45) is 11.7 Å². The zero-order chi connectivity index (χ0) is 47.0. The van der Waals surface area contributed by atoms with Gasteiger partial charge in [0, 0.05) is 0 Å². The molecule has 0 radical (unpaired) electrons. The van der Waals surface area contributed by atoms with Gasteiger partial charge in [0.25, 0.3) is 0 Å². The van der Waals surface area contributed by atoms with Gasteiger partial charge in [-0.3, -0.25) is 0 Å². The summed E-state index contributed by atoms with van der Waals surface area (Å²) in [6, 6.07) is 72.6. The number of nitrogens with zero attached hydrogens (tertiary/aromatic N) is 1. The molecule has 3 nitrogen and oxygen atoms in total.